The van der Waals surface area contributed by atoms with E-state index in [1.807, 2.05) is 22.4 Å². The van der Waals surface area contributed by atoms with E-state index in [4.69, 9.17) is 4.74 Å². The normalized spacial score (nSPS) is 23.8. The summed E-state index contributed by atoms with van der Waals surface area (Å²) in [6.07, 6.45) is 2.34. The van der Waals surface area contributed by atoms with Crippen molar-refractivity contribution in [3.8, 4) is 16.4 Å². The number of ether oxygens (including phenoxy) is 1. The highest BCUT2D eigenvalue weighted by Crippen LogP contribution is 2.27. The van der Waals surface area contributed by atoms with Crippen LogP contribution in [0.3, 0.4) is 0 Å². The molecule has 0 bridgehead atoms. The molecule has 2 aliphatic heterocycles. The SMILES string of the molecule is C[C@@H]1CN(C[C@H]2CCCN2C(=O)c2nc(-c3cccs3)n(-c3ccc(F)cc3)n2)C[C@@H](C)O1. The summed E-state index contributed by atoms with van der Waals surface area (Å²) >= 11 is 1.53. The highest BCUT2D eigenvalue weighted by atomic mass is 32.1. The van der Waals surface area contributed by atoms with Crippen LogP contribution in [-0.2, 0) is 4.74 Å². The summed E-state index contributed by atoms with van der Waals surface area (Å²) in [5.41, 5.74) is 0.667. The van der Waals surface area contributed by atoms with Crippen molar-refractivity contribution < 1.29 is 13.9 Å². The summed E-state index contributed by atoms with van der Waals surface area (Å²) in [5.74, 6) is 0.301. The molecule has 0 aliphatic carbocycles. The van der Waals surface area contributed by atoms with Gasteiger partial charge in [-0.2, -0.15) is 0 Å². The Hall–Kier alpha value is -2.62. The van der Waals surface area contributed by atoms with Gasteiger partial charge in [-0.15, -0.1) is 16.4 Å². The Balaban J connectivity index is 1.41. The molecule has 1 amide bonds. The fourth-order valence-corrected chi connectivity index (χ4v) is 5.58. The van der Waals surface area contributed by atoms with Crippen LogP contribution in [0, 0.1) is 5.82 Å². The molecule has 3 atom stereocenters. The lowest BCUT2D eigenvalue weighted by atomic mass is 10.1. The maximum Gasteiger partial charge on any atom is 0.293 e. The Morgan fingerprint density at radius 1 is 1.18 bits per heavy atom. The lowest BCUT2D eigenvalue weighted by molar-refractivity contribution is -0.0715. The van der Waals surface area contributed by atoms with Gasteiger partial charge in [-0.1, -0.05) is 6.07 Å². The first-order valence-electron chi connectivity index (χ1n) is 11.4. The first kappa shape index (κ1) is 22.2. The first-order chi connectivity index (χ1) is 16.0. The summed E-state index contributed by atoms with van der Waals surface area (Å²) in [7, 11) is 0. The maximum absolute atomic E-state index is 13.5. The molecule has 1 aromatic carbocycles. The van der Waals surface area contributed by atoms with Crippen LogP contribution in [-0.4, -0.2) is 74.9 Å². The molecular formula is C24H28FN5O2S. The molecule has 2 saturated heterocycles. The summed E-state index contributed by atoms with van der Waals surface area (Å²) < 4.78 is 21.0. The number of rotatable bonds is 5. The van der Waals surface area contributed by atoms with Crippen LogP contribution < -0.4 is 0 Å². The number of thiophene rings is 1. The van der Waals surface area contributed by atoms with Crippen molar-refractivity contribution in [2.24, 2.45) is 0 Å². The third kappa shape index (κ3) is 4.71. The highest BCUT2D eigenvalue weighted by molar-refractivity contribution is 7.13. The molecule has 0 radical (unpaired) electrons. The third-order valence-corrected chi connectivity index (χ3v) is 7.08. The van der Waals surface area contributed by atoms with Gasteiger partial charge in [0.15, 0.2) is 5.82 Å². The van der Waals surface area contributed by atoms with Crippen LogP contribution in [0.1, 0.15) is 37.3 Å². The maximum atomic E-state index is 13.5. The molecule has 174 valence electrons. The molecular weight excluding hydrogens is 441 g/mol. The van der Waals surface area contributed by atoms with Crippen LogP contribution in [0.2, 0.25) is 0 Å². The topological polar surface area (TPSA) is 63.5 Å². The monoisotopic (exact) mass is 469 g/mol. The van der Waals surface area contributed by atoms with Gasteiger partial charge >= 0.3 is 0 Å². The molecule has 33 heavy (non-hydrogen) atoms. The molecule has 3 aromatic rings. The second kappa shape index (κ2) is 9.32. The Morgan fingerprint density at radius 2 is 1.94 bits per heavy atom. The minimum Gasteiger partial charge on any atom is -0.373 e. The van der Waals surface area contributed by atoms with E-state index < -0.39 is 0 Å². The number of hydrogen-bond donors (Lipinski definition) is 0. The Kier molecular flexibility index (Phi) is 6.27. The van der Waals surface area contributed by atoms with E-state index in [1.165, 1.54) is 23.5 Å². The molecule has 0 N–H and O–H groups in total. The average Bonchev–Trinajstić information content (AvgIpc) is 3.53. The zero-order valence-electron chi connectivity index (χ0n) is 18.9. The van der Waals surface area contributed by atoms with Gasteiger partial charge in [0.2, 0.25) is 5.82 Å². The van der Waals surface area contributed by atoms with Gasteiger partial charge in [0.25, 0.3) is 5.91 Å². The smallest absolute Gasteiger partial charge is 0.293 e. The van der Waals surface area contributed by atoms with Gasteiger partial charge in [0, 0.05) is 32.2 Å². The van der Waals surface area contributed by atoms with E-state index >= 15 is 0 Å². The number of nitrogens with zero attached hydrogens (tertiary/aromatic N) is 5. The predicted octanol–water partition coefficient (Wildman–Crippen LogP) is 3.85. The highest BCUT2D eigenvalue weighted by Gasteiger charge is 2.35. The van der Waals surface area contributed by atoms with E-state index in [-0.39, 0.29) is 35.8 Å². The Labute approximate surface area is 196 Å². The molecule has 5 rings (SSSR count). The second-order valence-corrected chi connectivity index (χ2v) is 9.84. The number of hydrogen-bond acceptors (Lipinski definition) is 6. The summed E-state index contributed by atoms with van der Waals surface area (Å²) in [6, 6.07) is 10.1. The lowest BCUT2D eigenvalue weighted by Crippen LogP contribution is -2.51. The number of carbonyl (C=O) groups is 1. The van der Waals surface area contributed by atoms with E-state index in [9.17, 15) is 9.18 Å². The number of amides is 1. The quantitative estimate of drug-likeness (QED) is 0.568. The zero-order valence-corrected chi connectivity index (χ0v) is 19.7. The van der Waals surface area contributed by atoms with Gasteiger partial charge in [0.05, 0.1) is 22.8 Å². The molecule has 7 nitrogen and oxygen atoms in total. The summed E-state index contributed by atoms with van der Waals surface area (Å²) in [6.45, 7) is 7.49. The van der Waals surface area contributed by atoms with Crippen molar-refractivity contribution in [1.29, 1.82) is 0 Å². The number of benzene rings is 1. The largest absolute Gasteiger partial charge is 0.373 e. The molecule has 2 aromatic heterocycles. The molecule has 4 heterocycles. The predicted molar refractivity (Wildman–Crippen MR) is 125 cm³/mol. The van der Waals surface area contributed by atoms with Crippen LogP contribution in [0.15, 0.2) is 41.8 Å². The van der Waals surface area contributed by atoms with Crippen LogP contribution in [0.5, 0.6) is 0 Å². The molecule has 2 aliphatic rings. The van der Waals surface area contributed by atoms with Crippen molar-refractivity contribution in [3.05, 3.63) is 53.4 Å². The molecule has 0 saturated carbocycles. The number of likely N-dealkylation sites (tertiary alicyclic amines) is 1. The minimum atomic E-state index is -0.320. The van der Waals surface area contributed by atoms with E-state index in [2.05, 4.69) is 28.8 Å². The molecule has 0 unspecified atom stereocenters. The zero-order chi connectivity index (χ0) is 22.9. The summed E-state index contributed by atoms with van der Waals surface area (Å²) in [5, 5.41) is 6.54. The van der Waals surface area contributed by atoms with E-state index in [0.717, 1.165) is 37.4 Å². The van der Waals surface area contributed by atoms with Crippen LogP contribution in [0.4, 0.5) is 4.39 Å². The van der Waals surface area contributed by atoms with Crippen LogP contribution >= 0.6 is 11.3 Å². The minimum absolute atomic E-state index is 0.137. The van der Waals surface area contributed by atoms with Crippen LogP contribution in [0.25, 0.3) is 16.4 Å². The lowest BCUT2D eigenvalue weighted by Gasteiger charge is -2.38. The standard InChI is InChI=1S/C24H28FN5O2S/c1-16-13-28(14-17(2)32-16)15-20-5-3-11-29(20)24(31)22-26-23(21-6-4-12-33-21)30(27-22)19-9-7-18(25)8-10-19/h4,6-10,12,16-17,20H,3,5,11,13-15H2,1-2H3/t16-,17-,20-/m1/s1. The number of carbonyl (C=O) groups excluding carboxylic acids is 1. The number of halogens is 1. The third-order valence-electron chi connectivity index (χ3n) is 6.21. The average molecular weight is 470 g/mol. The van der Waals surface area contributed by atoms with Crippen molar-refractivity contribution in [3.63, 3.8) is 0 Å². The van der Waals surface area contributed by atoms with E-state index in [0.29, 0.717) is 18.1 Å². The molecule has 9 heteroatoms. The second-order valence-electron chi connectivity index (χ2n) is 8.89. The fourth-order valence-electron chi connectivity index (χ4n) is 4.88. The Morgan fingerprint density at radius 3 is 2.64 bits per heavy atom. The van der Waals surface area contributed by atoms with Crippen molar-refractivity contribution >= 4 is 17.2 Å². The first-order valence-corrected chi connectivity index (χ1v) is 12.3. The van der Waals surface area contributed by atoms with Crippen molar-refractivity contribution in [2.45, 2.75) is 44.9 Å². The Bertz CT molecular complexity index is 1090. The molecule has 2 fully saturated rings. The van der Waals surface area contributed by atoms with Gasteiger partial charge in [0.1, 0.15) is 5.82 Å². The number of morpholine rings is 1. The van der Waals surface area contributed by atoms with Crippen molar-refractivity contribution in [1.82, 2.24) is 24.6 Å². The van der Waals surface area contributed by atoms with Gasteiger partial charge in [-0.05, 0) is 62.4 Å². The van der Waals surface area contributed by atoms with Crippen molar-refractivity contribution in [2.75, 3.05) is 26.2 Å². The number of aromatic nitrogens is 3. The van der Waals surface area contributed by atoms with E-state index in [1.54, 1.807) is 16.8 Å². The van der Waals surface area contributed by atoms with Gasteiger partial charge in [-0.3, -0.25) is 9.69 Å². The van der Waals surface area contributed by atoms with Gasteiger partial charge in [-0.25, -0.2) is 14.1 Å². The molecule has 0 spiro atoms. The fraction of sp³-hybridized carbons (Fsp3) is 0.458. The van der Waals surface area contributed by atoms with Gasteiger partial charge < -0.3 is 9.64 Å². The summed E-state index contributed by atoms with van der Waals surface area (Å²) in [4.78, 5) is 23.4.